The van der Waals surface area contributed by atoms with Crippen LogP contribution in [-0.4, -0.2) is 21.6 Å². The highest BCUT2D eigenvalue weighted by Crippen LogP contribution is 2.46. The lowest BCUT2D eigenvalue weighted by molar-refractivity contribution is -0.137. The van der Waals surface area contributed by atoms with E-state index < -0.39 is 40.8 Å². The van der Waals surface area contributed by atoms with Crippen LogP contribution in [0.2, 0.25) is 0 Å². The number of carboxylic acid groups (broad SMARTS) is 1. The molecular weight excluding hydrogens is 567 g/mol. The van der Waals surface area contributed by atoms with Crippen molar-refractivity contribution in [2.45, 2.75) is 31.1 Å². The van der Waals surface area contributed by atoms with Gasteiger partial charge in [0.1, 0.15) is 11.6 Å². The summed E-state index contributed by atoms with van der Waals surface area (Å²) in [7, 11) is 0. The van der Waals surface area contributed by atoms with E-state index in [0.29, 0.717) is 34.9 Å². The molecule has 2 N–H and O–H groups in total. The number of fused-ring (bicyclic) bond motifs is 1. The molecule has 1 aliphatic carbocycles. The number of benzene rings is 4. The Labute approximate surface area is 242 Å². The van der Waals surface area contributed by atoms with E-state index in [1.165, 1.54) is 24.3 Å². The number of hydrogen-bond acceptors (Lipinski definition) is 2. The summed E-state index contributed by atoms with van der Waals surface area (Å²) in [6, 6.07) is 19.0. The van der Waals surface area contributed by atoms with Crippen LogP contribution in [-0.2, 0) is 18.3 Å². The number of rotatable bonds is 7. The zero-order valence-electron chi connectivity index (χ0n) is 22.4. The first-order valence-electron chi connectivity index (χ1n) is 13.3. The Balaban J connectivity index is 1.41. The SMILES string of the molecule is O=C(O)c1ccc(C2(NC(=O)c3cc(-c4cc(F)cc(F)c4)cc4ccn(Cc5ccc(C(F)(F)F)cc5)c34)CC2)cc1. The van der Waals surface area contributed by atoms with Crippen LogP contribution in [0.4, 0.5) is 22.0 Å². The summed E-state index contributed by atoms with van der Waals surface area (Å²) in [6.07, 6.45) is -1.53. The van der Waals surface area contributed by atoms with E-state index in [4.69, 9.17) is 0 Å². The third-order valence-corrected chi connectivity index (χ3v) is 7.72. The number of amides is 1. The molecule has 1 saturated carbocycles. The van der Waals surface area contributed by atoms with Crippen molar-refractivity contribution in [3.8, 4) is 11.1 Å². The predicted octanol–water partition coefficient (Wildman–Crippen LogP) is 7.77. The molecule has 43 heavy (non-hydrogen) atoms. The summed E-state index contributed by atoms with van der Waals surface area (Å²) in [5.74, 6) is -3.08. The lowest BCUT2D eigenvalue weighted by atomic mass is 9.98. The van der Waals surface area contributed by atoms with Crippen LogP contribution in [0.25, 0.3) is 22.0 Å². The van der Waals surface area contributed by atoms with Crippen molar-refractivity contribution in [1.29, 1.82) is 0 Å². The number of carbonyl (C=O) groups excluding carboxylic acids is 1. The smallest absolute Gasteiger partial charge is 0.416 e. The summed E-state index contributed by atoms with van der Waals surface area (Å²) in [4.78, 5) is 25.2. The molecule has 1 aromatic heterocycles. The number of aromatic nitrogens is 1. The van der Waals surface area contributed by atoms with Crippen LogP contribution in [0.5, 0.6) is 0 Å². The van der Waals surface area contributed by atoms with E-state index in [2.05, 4.69) is 5.32 Å². The molecule has 218 valence electrons. The first-order chi connectivity index (χ1) is 20.4. The monoisotopic (exact) mass is 590 g/mol. The molecule has 1 fully saturated rings. The molecule has 0 saturated heterocycles. The summed E-state index contributed by atoms with van der Waals surface area (Å²) in [5, 5.41) is 12.9. The molecule has 0 unspecified atom stereocenters. The average Bonchev–Trinajstić information content (AvgIpc) is 3.63. The average molecular weight is 591 g/mol. The van der Waals surface area contributed by atoms with Crippen molar-refractivity contribution >= 4 is 22.8 Å². The van der Waals surface area contributed by atoms with Crippen LogP contribution < -0.4 is 5.32 Å². The van der Waals surface area contributed by atoms with Gasteiger partial charge in [-0.15, -0.1) is 0 Å². The van der Waals surface area contributed by atoms with Gasteiger partial charge in [-0.05, 0) is 89.7 Å². The number of hydrogen-bond donors (Lipinski definition) is 2. The number of aromatic carboxylic acids is 1. The van der Waals surface area contributed by atoms with E-state index in [0.717, 1.165) is 35.9 Å². The molecular formula is C33H23F5N2O3. The molecule has 0 bridgehead atoms. The third-order valence-electron chi connectivity index (χ3n) is 7.72. The van der Waals surface area contributed by atoms with Crippen molar-refractivity contribution in [1.82, 2.24) is 9.88 Å². The molecule has 0 radical (unpaired) electrons. The maximum Gasteiger partial charge on any atom is 0.416 e. The topological polar surface area (TPSA) is 71.3 Å². The number of alkyl halides is 3. The van der Waals surface area contributed by atoms with Crippen LogP contribution in [0.3, 0.4) is 0 Å². The van der Waals surface area contributed by atoms with Gasteiger partial charge >= 0.3 is 12.1 Å². The Morgan fingerprint density at radius 3 is 2.05 bits per heavy atom. The Bertz CT molecular complexity index is 1850. The largest absolute Gasteiger partial charge is 0.478 e. The van der Waals surface area contributed by atoms with E-state index >= 15 is 0 Å². The van der Waals surface area contributed by atoms with Crippen LogP contribution >= 0.6 is 0 Å². The van der Waals surface area contributed by atoms with Crippen molar-refractivity contribution in [3.63, 3.8) is 0 Å². The first-order valence-corrected chi connectivity index (χ1v) is 13.3. The predicted molar refractivity (Wildman–Crippen MR) is 150 cm³/mol. The van der Waals surface area contributed by atoms with E-state index in [-0.39, 0.29) is 23.2 Å². The summed E-state index contributed by atoms with van der Waals surface area (Å²) < 4.78 is 69.2. The molecule has 0 spiro atoms. The maximum absolute atomic E-state index is 14.1. The first kappa shape index (κ1) is 28.1. The molecule has 1 heterocycles. The number of carbonyl (C=O) groups is 2. The lowest BCUT2D eigenvalue weighted by Crippen LogP contribution is -2.35. The van der Waals surface area contributed by atoms with Crippen LogP contribution in [0, 0.1) is 11.6 Å². The fraction of sp³-hybridized carbons (Fsp3) is 0.152. The highest BCUT2D eigenvalue weighted by molar-refractivity contribution is 6.08. The number of nitrogens with one attached hydrogen (secondary N) is 1. The maximum atomic E-state index is 14.1. The molecule has 10 heteroatoms. The van der Waals surface area contributed by atoms with Gasteiger partial charge in [-0.25, -0.2) is 13.6 Å². The Kier molecular flexibility index (Phi) is 6.79. The zero-order valence-corrected chi connectivity index (χ0v) is 22.4. The van der Waals surface area contributed by atoms with Crippen LogP contribution in [0.1, 0.15) is 50.2 Å². The van der Waals surface area contributed by atoms with Gasteiger partial charge in [0.2, 0.25) is 0 Å². The summed E-state index contributed by atoms with van der Waals surface area (Å²) in [6.45, 7) is 0.164. The van der Waals surface area contributed by atoms with Gasteiger partial charge in [-0.1, -0.05) is 24.3 Å². The molecule has 5 aromatic rings. The van der Waals surface area contributed by atoms with Crippen molar-refractivity contribution < 1.29 is 36.6 Å². The molecule has 0 aliphatic heterocycles. The molecule has 1 aliphatic rings. The van der Waals surface area contributed by atoms with Crippen molar-refractivity contribution in [3.05, 3.63) is 131 Å². The van der Waals surface area contributed by atoms with Gasteiger partial charge < -0.3 is 15.0 Å². The van der Waals surface area contributed by atoms with E-state index in [1.54, 1.807) is 41.1 Å². The second-order valence-electron chi connectivity index (χ2n) is 10.7. The molecule has 0 atom stereocenters. The van der Waals surface area contributed by atoms with Gasteiger partial charge in [0, 0.05) is 24.2 Å². The fourth-order valence-corrected chi connectivity index (χ4v) is 5.36. The number of carboxylic acids is 1. The minimum atomic E-state index is -4.47. The second kappa shape index (κ2) is 10.4. The Morgan fingerprint density at radius 2 is 1.47 bits per heavy atom. The van der Waals surface area contributed by atoms with Gasteiger partial charge in [0.15, 0.2) is 0 Å². The normalized spacial score (nSPS) is 14.1. The zero-order chi connectivity index (χ0) is 30.5. The van der Waals surface area contributed by atoms with Crippen LogP contribution in [0.15, 0.2) is 91.1 Å². The van der Waals surface area contributed by atoms with E-state index in [1.807, 2.05) is 0 Å². The third kappa shape index (κ3) is 5.60. The Hall–Kier alpha value is -4.99. The summed E-state index contributed by atoms with van der Waals surface area (Å²) in [5.41, 5.74) is 1.28. The lowest BCUT2D eigenvalue weighted by Gasteiger charge is -2.20. The molecule has 6 rings (SSSR count). The van der Waals surface area contributed by atoms with E-state index in [9.17, 15) is 36.6 Å². The standard InChI is InChI=1S/C33H23F5N2O3/c34-26-14-23(15-27(35)17-26)22-13-21-9-12-40(18-19-1-5-25(6-2-19)33(36,37)38)29(21)28(16-22)30(41)39-32(10-11-32)24-7-3-20(4-8-24)31(42)43/h1-9,12-17H,10-11,18H2,(H,39,41)(H,42,43). The summed E-state index contributed by atoms with van der Waals surface area (Å²) >= 11 is 0. The molecule has 1 amide bonds. The van der Waals surface area contributed by atoms with Crippen molar-refractivity contribution in [2.24, 2.45) is 0 Å². The van der Waals surface area contributed by atoms with Gasteiger partial charge in [-0.3, -0.25) is 4.79 Å². The van der Waals surface area contributed by atoms with Gasteiger partial charge in [0.05, 0.1) is 27.7 Å². The van der Waals surface area contributed by atoms with Crippen molar-refractivity contribution in [2.75, 3.05) is 0 Å². The molecule has 5 nitrogen and oxygen atoms in total. The van der Waals surface area contributed by atoms with Gasteiger partial charge in [0.25, 0.3) is 5.91 Å². The minimum Gasteiger partial charge on any atom is -0.478 e. The Morgan fingerprint density at radius 1 is 0.837 bits per heavy atom. The van der Waals surface area contributed by atoms with Gasteiger partial charge in [-0.2, -0.15) is 13.2 Å². The highest BCUT2D eigenvalue weighted by atomic mass is 19.4. The number of halogens is 5. The highest BCUT2D eigenvalue weighted by Gasteiger charge is 2.46. The second-order valence-corrected chi connectivity index (χ2v) is 10.7. The molecule has 4 aromatic carbocycles. The minimum absolute atomic E-state index is 0.115. The number of nitrogens with zero attached hydrogens (tertiary/aromatic N) is 1. The quantitative estimate of drug-likeness (QED) is 0.190. The fourth-order valence-electron chi connectivity index (χ4n) is 5.36.